The van der Waals surface area contributed by atoms with E-state index in [0.717, 1.165) is 18.4 Å². The first-order chi connectivity index (χ1) is 6.50. The number of hydrogen-bond acceptors (Lipinski definition) is 2. The van der Waals surface area contributed by atoms with Crippen LogP contribution in [0.2, 0.25) is 0 Å². The number of carbonyl (C=O) groups excluding carboxylic acids is 1. The fourth-order valence-corrected chi connectivity index (χ4v) is 2.24. The SMILES string of the molecule is CC(=O)CC(C)N1CCC(C)C(C)C1. The maximum absolute atomic E-state index is 11.0. The van der Waals surface area contributed by atoms with Gasteiger partial charge in [0, 0.05) is 19.0 Å². The molecule has 2 nitrogen and oxygen atoms in total. The van der Waals surface area contributed by atoms with Crippen LogP contribution in [0.4, 0.5) is 0 Å². The lowest BCUT2D eigenvalue weighted by Crippen LogP contribution is -2.44. The van der Waals surface area contributed by atoms with Crippen LogP contribution >= 0.6 is 0 Å². The van der Waals surface area contributed by atoms with Crippen LogP contribution in [-0.2, 0) is 4.79 Å². The van der Waals surface area contributed by atoms with E-state index in [-0.39, 0.29) is 0 Å². The molecular formula is C12H23NO. The second-order valence-corrected chi connectivity index (χ2v) is 4.99. The van der Waals surface area contributed by atoms with Crippen LogP contribution in [0.15, 0.2) is 0 Å². The first kappa shape index (κ1) is 11.7. The van der Waals surface area contributed by atoms with Crippen LogP contribution in [0.3, 0.4) is 0 Å². The third-order valence-electron chi connectivity index (χ3n) is 3.57. The normalized spacial score (nSPS) is 31.4. The van der Waals surface area contributed by atoms with Gasteiger partial charge in [-0.1, -0.05) is 13.8 Å². The number of rotatable bonds is 3. The number of piperidine rings is 1. The van der Waals surface area contributed by atoms with Gasteiger partial charge in [0.1, 0.15) is 5.78 Å². The molecule has 0 aromatic rings. The lowest BCUT2D eigenvalue weighted by Gasteiger charge is -2.38. The number of likely N-dealkylation sites (tertiary alicyclic amines) is 1. The van der Waals surface area contributed by atoms with Crippen LogP contribution in [0.25, 0.3) is 0 Å². The van der Waals surface area contributed by atoms with Gasteiger partial charge in [-0.05, 0) is 38.6 Å². The van der Waals surface area contributed by atoms with Crippen molar-refractivity contribution in [3.8, 4) is 0 Å². The minimum atomic E-state index is 0.309. The second kappa shape index (κ2) is 4.92. The van der Waals surface area contributed by atoms with Crippen molar-refractivity contribution < 1.29 is 4.79 Å². The first-order valence-electron chi connectivity index (χ1n) is 5.74. The van der Waals surface area contributed by atoms with Crippen LogP contribution in [0.5, 0.6) is 0 Å². The molecule has 0 bridgehead atoms. The lowest BCUT2D eigenvalue weighted by molar-refractivity contribution is -0.118. The van der Waals surface area contributed by atoms with Crippen molar-refractivity contribution in [1.29, 1.82) is 0 Å². The van der Waals surface area contributed by atoms with E-state index in [4.69, 9.17) is 0 Å². The molecule has 3 unspecified atom stereocenters. The molecule has 0 N–H and O–H groups in total. The molecule has 1 aliphatic heterocycles. The van der Waals surface area contributed by atoms with Gasteiger partial charge in [-0.3, -0.25) is 9.69 Å². The van der Waals surface area contributed by atoms with Crippen molar-refractivity contribution >= 4 is 5.78 Å². The van der Waals surface area contributed by atoms with Crippen molar-refractivity contribution in [3.63, 3.8) is 0 Å². The largest absolute Gasteiger partial charge is 0.300 e. The van der Waals surface area contributed by atoms with Crippen molar-refractivity contribution in [3.05, 3.63) is 0 Å². The summed E-state index contributed by atoms with van der Waals surface area (Å²) in [6, 6.07) is 0.433. The number of nitrogens with zero attached hydrogens (tertiary/aromatic N) is 1. The zero-order chi connectivity index (χ0) is 10.7. The van der Waals surface area contributed by atoms with Gasteiger partial charge in [0.25, 0.3) is 0 Å². The fourth-order valence-electron chi connectivity index (χ4n) is 2.24. The summed E-state index contributed by atoms with van der Waals surface area (Å²) in [6.45, 7) is 10.8. The van der Waals surface area contributed by atoms with Crippen molar-refractivity contribution in [2.75, 3.05) is 13.1 Å². The van der Waals surface area contributed by atoms with E-state index in [9.17, 15) is 4.79 Å². The Morgan fingerprint density at radius 2 is 2.07 bits per heavy atom. The molecule has 0 radical (unpaired) electrons. The van der Waals surface area contributed by atoms with Crippen molar-refractivity contribution in [1.82, 2.24) is 4.90 Å². The molecule has 0 spiro atoms. The van der Waals surface area contributed by atoms with Crippen LogP contribution in [-0.4, -0.2) is 29.8 Å². The van der Waals surface area contributed by atoms with E-state index < -0.39 is 0 Å². The molecule has 1 fully saturated rings. The summed E-state index contributed by atoms with van der Waals surface area (Å²) in [6.07, 6.45) is 1.99. The Morgan fingerprint density at radius 1 is 1.43 bits per heavy atom. The maximum Gasteiger partial charge on any atom is 0.131 e. The third-order valence-corrected chi connectivity index (χ3v) is 3.57. The molecule has 0 aliphatic carbocycles. The van der Waals surface area contributed by atoms with E-state index in [1.807, 2.05) is 0 Å². The van der Waals surface area contributed by atoms with Crippen molar-refractivity contribution in [2.45, 2.75) is 46.6 Å². The van der Waals surface area contributed by atoms with Crippen LogP contribution in [0, 0.1) is 11.8 Å². The highest BCUT2D eigenvalue weighted by molar-refractivity contribution is 5.76. The monoisotopic (exact) mass is 197 g/mol. The molecule has 2 heteroatoms. The van der Waals surface area contributed by atoms with Crippen molar-refractivity contribution in [2.24, 2.45) is 11.8 Å². The van der Waals surface area contributed by atoms with Gasteiger partial charge in [-0.25, -0.2) is 0 Å². The zero-order valence-corrected chi connectivity index (χ0v) is 9.92. The predicted octanol–water partition coefficient (Wildman–Crippen LogP) is 2.33. The second-order valence-electron chi connectivity index (χ2n) is 4.99. The van der Waals surface area contributed by atoms with E-state index in [1.165, 1.54) is 13.0 Å². The Labute approximate surface area is 87.7 Å². The van der Waals surface area contributed by atoms with Crippen LogP contribution < -0.4 is 0 Å². The molecule has 3 atom stereocenters. The van der Waals surface area contributed by atoms with Gasteiger partial charge in [0.2, 0.25) is 0 Å². The standard InChI is InChI=1S/C12H23NO/c1-9-5-6-13(8-10(9)2)11(3)7-12(4)14/h9-11H,5-8H2,1-4H3. The molecule has 14 heavy (non-hydrogen) atoms. The molecule has 1 heterocycles. The molecule has 0 aromatic heterocycles. The Morgan fingerprint density at radius 3 is 2.57 bits per heavy atom. The van der Waals surface area contributed by atoms with Gasteiger partial charge < -0.3 is 0 Å². The van der Waals surface area contributed by atoms with Gasteiger partial charge in [-0.15, -0.1) is 0 Å². The maximum atomic E-state index is 11.0. The Hall–Kier alpha value is -0.370. The lowest BCUT2D eigenvalue weighted by atomic mass is 9.88. The molecular weight excluding hydrogens is 174 g/mol. The molecule has 1 rings (SSSR count). The average Bonchev–Trinajstić information content (AvgIpc) is 2.08. The molecule has 1 saturated heterocycles. The van der Waals surface area contributed by atoms with E-state index >= 15 is 0 Å². The van der Waals surface area contributed by atoms with Gasteiger partial charge in [0.05, 0.1) is 0 Å². The highest BCUT2D eigenvalue weighted by atomic mass is 16.1. The molecule has 1 aliphatic rings. The Balaban J connectivity index is 2.41. The fraction of sp³-hybridized carbons (Fsp3) is 0.917. The summed E-state index contributed by atoms with van der Waals surface area (Å²) in [4.78, 5) is 13.5. The van der Waals surface area contributed by atoms with Gasteiger partial charge >= 0.3 is 0 Å². The summed E-state index contributed by atoms with van der Waals surface area (Å²) in [5.74, 6) is 1.93. The van der Waals surface area contributed by atoms with E-state index in [2.05, 4.69) is 25.7 Å². The molecule has 0 saturated carbocycles. The number of Topliss-reactive ketones (excluding diaryl/α,β-unsaturated/α-hetero) is 1. The smallest absolute Gasteiger partial charge is 0.131 e. The summed E-state index contributed by atoms with van der Waals surface area (Å²) < 4.78 is 0. The highest BCUT2D eigenvalue weighted by Crippen LogP contribution is 2.24. The zero-order valence-electron chi connectivity index (χ0n) is 9.92. The van der Waals surface area contributed by atoms with Gasteiger partial charge in [0.15, 0.2) is 0 Å². The predicted molar refractivity (Wildman–Crippen MR) is 59.3 cm³/mol. The minimum Gasteiger partial charge on any atom is -0.300 e. The minimum absolute atomic E-state index is 0.309. The van der Waals surface area contributed by atoms with Crippen LogP contribution in [0.1, 0.15) is 40.5 Å². The number of hydrogen-bond donors (Lipinski definition) is 0. The Bertz CT molecular complexity index is 202. The van der Waals surface area contributed by atoms with E-state index in [1.54, 1.807) is 6.92 Å². The number of carbonyl (C=O) groups is 1. The highest BCUT2D eigenvalue weighted by Gasteiger charge is 2.25. The molecule has 0 aromatic carbocycles. The summed E-state index contributed by atoms with van der Waals surface area (Å²) >= 11 is 0. The van der Waals surface area contributed by atoms with Gasteiger partial charge in [-0.2, -0.15) is 0 Å². The quantitative estimate of drug-likeness (QED) is 0.692. The number of ketones is 1. The third kappa shape index (κ3) is 3.09. The van der Waals surface area contributed by atoms with E-state index in [0.29, 0.717) is 18.2 Å². The topological polar surface area (TPSA) is 20.3 Å². The molecule has 0 amide bonds. The molecule has 82 valence electrons. The summed E-state index contributed by atoms with van der Waals surface area (Å²) in [5, 5.41) is 0. The average molecular weight is 197 g/mol. The summed E-state index contributed by atoms with van der Waals surface area (Å²) in [5.41, 5.74) is 0. The Kier molecular flexibility index (Phi) is 4.11. The first-order valence-corrected chi connectivity index (χ1v) is 5.74. The summed E-state index contributed by atoms with van der Waals surface area (Å²) in [7, 11) is 0.